The van der Waals surface area contributed by atoms with Gasteiger partial charge < -0.3 is 10.1 Å². The molecular formula is C11H18N4O4. The highest BCUT2D eigenvalue weighted by molar-refractivity contribution is 5.69. The van der Waals surface area contributed by atoms with Crippen molar-refractivity contribution in [3.05, 3.63) is 15.8 Å². The normalized spacial score (nSPS) is 10.3. The molecule has 0 fully saturated rings. The molecule has 1 aromatic rings. The van der Waals surface area contributed by atoms with E-state index in [1.165, 1.54) is 4.68 Å². The zero-order valence-corrected chi connectivity index (χ0v) is 11.3. The minimum atomic E-state index is -0.462. The molecule has 0 aromatic carbocycles. The number of aryl methyl sites for hydroxylation is 2. The average molecular weight is 270 g/mol. The van der Waals surface area contributed by atoms with Gasteiger partial charge in [-0.05, 0) is 20.3 Å². The molecule has 8 heteroatoms. The van der Waals surface area contributed by atoms with Crippen LogP contribution in [-0.2, 0) is 16.6 Å². The van der Waals surface area contributed by atoms with Gasteiger partial charge >= 0.3 is 11.7 Å². The molecular weight excluding hydrogens is 252 g/mol. The molecule has 106 valence electrons. The van der Waals surface area contributed by atoms with Crippen LogP contribution in [0.25, 0.3) is 0 Å². The van der Waals surface area contributed by atoms with Gasteiger partial charge in [0.1, 0.15) is 5.69 Å². The zero-order chi connectivity index (χ0) is 14.4. The van der Waals surface area contributed by atoms with Crippen molar-refractivity contribution in [2.45, 2.75) is 26.7 Å². The largest absolute Gasteiger partial charge is 0.466 e. The molecule has 0 amide bonds. The number of rotatable bonds is 7. The predicted molar refractivity (Wildman–Crippen MR) is 69.0 cm³/mol. The summed E-state index contributed by atoms with van der Waals surface area (Å²) >= 11 is 0. The Morgan fingerprint density at radius 2 is 2.26 bits per heavy atom. The maximum atomic E-state index is 11.1. The fourth-order valence-electron chi connectivity index (χ4n) is 1.74. The summed E-state index contributed by atoms with van der Waals surface area (Å²) in [6.07, 6.45) is 0.825. The van der Waals surface area contributed by atoms with Crippen LogP contribution in [0, 0.1) is 17.0 Å². The zero-order valence-electron chi connectivity index (χ0n) is 11.3. The number of aromatic nitrogens is 2. The van der Waals surface area contributed by atoms with Crippen LogP contribution in [0.15, 0.2) is 0 Å². The maximum Gasteiger partial charge on any atom is 0.333 e. The number of carbonyl (C=O) groups excluding carboxylic acids is 1. The Morgan fingerprint density at radius 1 is 1.58 bits per heavy atom. The molecule has 1 heterocycles. The smallest absolute Gasteiger partial charge is 0.333 e. The number of hydrogen-bond acceptors (Lipinski definition) is 6. The van der Waals surface area contributed by atoms with E-state index < -0.39 is 4.92 Å². The lowest BCUT2D eigenvalue weighted by molar-refractivity contribution is -0.384. The van der Waals surface area contributed by atoms with E-state index in [4.69, 9.17) is 4.74 Å². The quantitative estimate of drug-likeness (QED) is 0.348. The lowest BCUT2D eigenvalue weighted by atomic mass is 10.3. The Balaban J connectivity index is 2.54. The third kappa shape index (κ3) is 3.94. The average Bonchev–Trinajstić information content (AvgIpc) is 2.60. The topological polar surface area (TPSA) is 99.3 Å². The minimum Gasteiger partial charge on any atom is -0.466 e. The molecule has 1 rings (SSSR count). The van der Waals surface area contributed by atoms with E-state index in [-0.39, 0.29) is 18.1 Å². The van der Waals surface area contributed by atoms with Crippen LogP contribution in [0.1, 0.15) is 25.5 Å². The van der Waals surface area contributed by atoms with Crippen LogP contribution in [0.5, 0.6) is 0 Å². The third-order valence-electron chi connectivity index (χ3n) is 2.53. The van der Waals surface area contributed by atoms with E-state index in [0.29, 0.717) is 31.1 Å². The van der Waals surface area contributed by atoms with Crippen molar-refractivity contribution in [1.82, 2.24) is 9.78 Å². The van der Waals surface area contributed by atoms with Gasteiger partial charge in [-0.15, -0.1) is 0 Å². The fourth-order valence-corrected chi connectivity index (χ4v) is 1.74. The molecule has 1 N–H and O–H groups in total. The van der Waals surface area contributed by atoms with E-state index in [0.717, 1.165) is 0 Å². The van der Waals surface area contributed by atoms with Gasteiger partial charge in [0, 0.05) is 20.0 Å². The molecule has 0 aliphatic rings. The predicted octanol–water partition coefficient (Wildman–Crippen LogP) is 1.39. The molecule has 8 nitrogen and oxygen atoms in total. The molecule has 0 aliphatic heterocycles. The second-order valence-electron chi connectivity index (χ2n) is 4.00. The van der Waals surface area contributed by atoms with E-state index in [9.17, 15) is 14.9 Å². The monoisotopic (exact) mass is 270 g/mol. The van der Waals surface area contributed by atoms with Gasteiger partial charge in [0.05, 0.1) is 11.5 Å². The Bertz CT molecular complexity index is 470. The SMILES string of the molecule is CCOC(=O)CCCNc1c([N+](=O)[O-])c(C)nn1C. The second-order valence-corrected chi connectivity index (χ2v) is 4.00. The first kappa shape index (κ1) is 14.9. The Morgan fingerprint density at radius 3 is 2.84 bits per heavy atom. The van der Waals surface area contributed by atoms with Crippen LogP contribution in [-0.4, -0.2) is 33.8 Å². The van der Waals surface area contributed by atoms with Crippen LogP contribution in [0.4, 0.5) is 11.5 Å². The Hall–Kier alpha value is -2.12. The standard InChI is InChI=1S/C11H18N4O4/c1-4-19-9(16)6-5-7-12-11-10(15(17)18)8(2)13-14(11)3/h12H,4-7H2,1-3H3. The molecule has 19 heavy (non-hydrogen) atoms. The lowest BCUT2D eigenvalue weighted by Gasteiger charge is -2.05. The number of carbonyl (C=O) groups is 1. The van der Waals surface area contributed by atoms with Crippen molar-refractivity contribution in [2.75, 3.05) is 18.5 Å². The first-order valence-electron chi connectivity index (χ1n) is 6.04. The van der Waals surface area contributed by atoms with Gasteiger partial charge in [-0.1, -0.05) is 0 Å². The number of nitrogens with zero attached hydrogens (tertiary/aromatic N) is 3. The van der Waals surface area contributed by atoms with Crippen molar-refractivity contribution < 1.29 is 14.5 Å². The number of nitro groups is 1. The van der Waals surface area contributed by atoms with Gasteiger partial charge in [-0.3, -0.25) is 14.9 Å². The summed E-state index contributed by atoms with van der Waals surface area (Å²) < 4.78 is 6.22. The van der Waals surface area contributed by atoms with Gasteiger partial charge in [-0.2, -0.15) is 5.10 Å². The number of anilines is 1. The first-order chi connectivity index (χ1) is 8.97. The number of esters is 1. The highest BCUT2D eigenvalue weighted by Gasteiger charge is 2.23. The highest BCUT2D eigenvalue weighted by atomic mass is 16.6. The molecule has 0 saturated carbocycles. The minimum absolute atomic E-state index is 0.0290. The van der Waals surface area contributed by atoms with Gasteiger partial charge in [0.25, 0.3) is 0 Å². The summed E-state index contributed by atoms with van der Waals surface area (Å²) in [7, 11) is 1.63. The summed E-state index contributed by atoms with van der Waals surface area (Å²) in [6.45, 7) is 4.14. The van der Waals surface area contributed by atoms with Gasteiger partial charge in [-0.25, -0.2) is 4.68 Å². The molecule has 0 spiro atoms. The fraction of sp³-hybridized carbons (Fsp3) is 0.636. The number of nitrogens with one attached hydrogen (secondary N) is 1. The Labute approximate surface area is 110 Å². The summed E-state index contributed by atoms with van der Waals surface area (Å²) in [5.74, 6) is 0.0892. The lowest BCUT2D eigenvalue weighted by Crippen LogP contribution is -2.11. The first-order valence-corrected chi connectivity index (χ1v) is 6.04. The van der Waals surface area contributed by atoms with Crippen molar-refractivity contribution in [3.8, 4) is 0 Å². The van der Waals surface area contributed by atoms with Crippen molar-refractivity contribution in [3.63, 3.8) is 0 Å². The van der Waals surface area contributed by atoms with Crippen molar-refractivity contribution in [2.24, 2.45) is 7.05 Å². The summed E-state index contributed by atoms with van der Waals surface area (Å²) in [4.78, 5) is 21.6. The maximum absolute atomic E-state index is 11.1. The highest BCUT2D eigenvalue weighted by Crippen LogP contribution is 2.27. The molecule has 0 unspecified atom stereocenters. The van der Waals surface area contributed by atoms with E-state index in [2.05, 4.69) is 10.4 Å². The summed E-state index contributed by atoms with van der Waals surface area (Å²) in [5.41, 5.74) is 0.332. The molecule has 0 atom stereocenters. The van der Waals surface area contributed by atoms with E-state index in [1.807, 2.05) is 0 Å². The Kier molecular flexibility index (Phi) is 5.28. The van der Waals surface area contributed by atoms with Crippen LogP contribution < -0.4 is 5.32 Å². The third-order valence-corrected chi connectivity index (χ3v) is 2.53. The number of ether oxygens (including phenoxy) is 1. The molecule has 0 aliphatic carbocycles. The van der Waals surface area contributed by atoms with Crippen LogP contribution >= 0.6 is 0 Å². The molecule has 1 aromatic heterocycles. The number of hydrogen-bond donors (Lipinski definition) is 1. The van der Waals surface area contributed by atoms with Crippen molar-refractivity contribution in [1.29, 1.82) is 0 Å². The van der Waals surface area contributed by atoms with Crippen molar-refractivity contribution >= 4 is 17.5 Å². The van der Waals surface area contributed by atoms with E-state index >= 15 is 0 Å². The molecule has 0 bridgehead atoms. The summed E-state index contributed by atoms with van der Waals surface area (Å²) in [5, 5.41) is 17.8. The van der Waals surface area contributed by atoms with Gasteiger partial charge in [0.2, 0.25) is 5.82 Å². The summed E-state index contributed by atoms with van der Waals surface area (Å²) in [6, 6.07) is 0. The van der Waals surface area contributed by atoms with E-state index in [1.54, 1.807) is 20.9 Å². The van der Waals surface area contributed by atoms with Gasteiger partial charge in [0.15, 0.2) is 0 Å². The molecule has 0 saturated heterocycles. The molecule has 0 radical (unpaired) electrons. The van der Waals surface area contributed by atoms with Crippen LogP contribution in [0.2, 0.25) is 0 Å². The van der Waals surface area contributed by atoms with Crippen LogP contribution in [0.3, 0.4) is 0 Å². The second kappa shape index (κ2) is 6.72.